The number of imidazole rings is 1. The molecule has 2 amide bonds. The van der Waals surface area contributed by atoms with Crippen molar-refractivity contribution < 1.29 is 23.8 Å². The summed E-state index contributed by atoms with van der Waals surface area (Å²) < 4.78 is 22.2. The van der Waals surface area contributed by atoms with E-state index >= 15 is 0 Å². The molecule has 4 fully saturated rings. The molecular weight excluding hydrogens is 499 g/mol. The molecule has 210 valence electrons. The van der Waals surface area contributed by atoms with Gasteiger partial charge in [0.1, 0.15) is 11.4 Å². The van der Waals surface area contributed by atoms with Gasteiger partial charge in [-0.15, -0.1) is 0 Å². The Morgan fingerprint density at radius 1 is 1.23 bits per heavy atom. The summed E-state index contributed by atoms with van der Waals surface area (Å²) in [6.45, 7) is 5.63. The van der Waals surface area contributed by atoms with Gasteiger partial charge in [-0.25, -0.2) is 14.2 Å². The van der Waals surface area contributed by atoms with Crippen LogP contribution in [-0.4, -0.2) is 50.9 Å². The van der Waals surface area contributed by atoms with Crippen LogP contribution in [0.25, 0.3) is 11.3 Å². The van der Waals surface area contributed by atoms with Gasteiger partial charge in [0.2, 0.25) is 5.91 Å². The molecule has 1 aromatic heterocycles. The van der Waals surface area contributed by atoms with Crippen LogP contribution in [0.3, 0.4) is 0 Å². The van der Waals surface area contributed by atoms with Gasteiger partial charge in [-0.1, -0.05) is 12.1 Å². The molecule has 7 rings (SSSR count). The minimum atomic E-state index is -0.580. The molecule has 4 unspecified atom stereocenters. The van der Waals surface area contributed by atoms with E-state index in [9.17, 15) is 19.1 Å². The van der Waals surface area contributed by atoms with Crippen LogP contribution in [0, 0.1) is 29.0 Å². The molecule has 4 saturated carbocycles. The monoisotopic (exact) mass is 538 g/mol. The second-order valence-electron chi connectivity index (χ2n) is 13.3. The predicted molar refractivity (Wildman–Crippen MR) is 143 cm³/mol. The highest BCUT2D eigenvalue weighted by Gasteiger charge is 2.58. The van der Waals surface area contributed by atoms with Crippen molar-refractivity contribution in [2.75, 3.05) is 6.54 Å². The molecule has 4 aliphatic carbocycles. The van der Waals surface area contributed by atoms with Gasteiger partial charge in [-0.2, -0.15) is 0 Å². The highest BCUT2D eigenvalue weighted by Crippen LogP contribution is 2.62. The Bertz CT molecular complexity index is 1250. The summed E-state index contributed by atoms with van der Waals surface area (Å²) in [5.41, 5.74) is 1.63. The van der Waals surface area contributed by atoms with Crippen molar-refractivity contribution in [3.8, 4) is 11.3 Å². The fourth-order valence-electron chi connectivity index (χ4n) is 8.27. The second-order valence-corrected chi connectivity index (χ2v) is 13.3. The highest BCUT2D eigenvalue weighted by atomic mass is 19.1. The lowest BCUT2D eigenvalue weighted by atomic mass is 9.46. The van der Waals surface area contributed by atoms with E-state index in [0.29, 0.717) is 29.7 Å². The number of hydrogen-bond donors (Lipinski definition) is 3. The van der Waals surface area contributed by atoms with E-state index in [1.54, 1.807) is 39.4 Å². The van der Waals surface area contributed by atoms with Gasteiger partial charge < -0.3 is 25.0 Å². The molecule has 0 radical (unpaired) electrons. The zero-order valence-electron chi connectivity index (χ0n) is 23.0. The SMILES string of the molecule is CC(C)(C)OC(=O)NCCC(=O)NC1C2CC3CC1CC(C(O)CC1c4c(F)cccc4-c4cncn41)(C3)C2. The molecule has 1 aromatic carbocycles. The average molecular weight is 539 g/mol. The molecule has 4 atom stereocenters. The number of ether oxygens (including phenoxy) is 1. The summed E-state index contributed by atoms with van der Waals surface area (Å²) in [6.07, 6.45) is 7.96. The summed E-state index contributed by atoms with van der Waals surface area (Å²) in [6, 6.07) is 4.99. The summed E-state index contributed by atoms with van der Waals surface area (Å²) in [5.74, 6) is 0.900. The molecule has 39 heavy (non-hydrogen) atoms. The minimum absolute atomic E-state index is 0.0659. The van der Waals surface area contributed by atoms with Crippen molar-refractivity contribution in [3.63, 3.8) is 0 Å². The summed E-state index contributed by atoms with van der Waals surface area (Å²) >= 11 is 0. The molecule has 3 N–H and O–H groups in total. The number of rotatable bonds is 7. The Balaban J connectivity index is 1.10. The van der Waals surface area contributed by atoms with Crippen LogP contribution in [-0.2, 0) is 9.53 Å². The van der Waals surface area contributed by atoms with Gasteiger partial charge >= 0.3 is 6.09 Å². The summed E-state index contributed by atoms with van der Waals surface area (Å²) in [4.78, 5) is 29.0. The number of carbonyl (C=O) groups excluding carboxylic acids is 2. The molecule has 5 aliphatic rings. The molecule has 4 bridgehead atoms. The van der Waals surface area contributed by atoms with E-state index in [1.165, 1.54) is 6.07 Å². The molecule has 0 saturated heterocycles. The van der Waals surface area contributed by atoms with E-state index in [2.05, 4.69) is 15.6 Å². The third-order valence-electron chi connectivity index (χ3n) is 9.49. The largest absolute Gasteiger partial charge is 0.444 e. The predicted octanol–water partition coefficient (Wildman–Crippen LogP) is 4.57. The standard InChI is InChI=1S/C30H39FN4O4/c1-29(2,3)39-28(38)33-8-7-25(37)34-27-18-9-17-10-19(27)14-30(12-17,13-18)24(36)11-22-26-20(5-4-6-21(26)31)23-15-32-16-35(22)23/h4-6,15-19,22,24,27,36H,7-14H2,1-3H3,(H,33,38)(H,34,37). The molecule has 0 spiro atoms. The fourth-order valence-corrected chi connectivity index (χ4v) is 8.27. The topological polar surface area (TPSA) is 105 Å². The van der Waals surface area contributed by atoms with Crippen molar-refractivity contribution in [1.29, 1.82) is 0 Å². The third-order valence-corrected chi connectivity index (χ3v) is 9.49. The Hall–Kier alpha value is -2.94. The van der Waals surface area contributed by atoms with E-state index in [-0.39, 0.29) is 42.2 Å². The Kier molecular flexibility index (Phi) is 6.48. The van der Waals surface area contributed by atoms with Gasteiger partial charge in [0.25, 0.3) is 0 Å². The smallest absolute Gasteiger partial charge is 0.407 e. The molecule has 1 aliphatic heterocycles. The number of nitrogens with zero attached hydrogens (tertiary/aromatic N) is 2. The first-order valence-corrected chi connectivity index (χ1v) is 14.3. The van der Waals surface area contributed by atoms with E-state index < -0.39 is 17.8 Å². The van der Waals surface area contributed by atoms with Gasteiger partial charge in [-0.3, -0.25) is 4.79 Å². The zero-order chi connectivity index (χ0) is 27.5. The average Bonchev–Trinajstić information content (AvgIpc) is 3.43. The Morgan fingerprint density at radius 2 is 1.97 bits per heavy atom. The van der Waals surface area contributed by atoms with E-state index in [1.807, 2.05) is 10.6 Å². The van der Waals surface area contributed by atoms with Gasteiger partial charge in [-0.05, 0) is 88.5 Å². The maximum absolute atomic E-state index is 15.0. The number of aliphatic hydroxyl groups excluding tert-OH is 1. The number of amides is 2. The van der Waals surface area contributed by atoms with Crippen LogP contribution in [0.15, 0.2) is 30.7 Å². The van der Waals surface area contributed by atoms with Crippen LogP contribution in [0.4, 0.5) is 9.18 Å². The number of carbonyl (C=O) groups is 2. The molecule has 2 heterocycles. The molecule has 8 nitrogen and oxygen atoms in total. The van der Waals surface area contributed by atoms with Gasteiger partial charge in [0.05, 0.1) is 30.4 Å². The van der Waals surface area contributed by atoms with Crippen molar-refractivity contribution in [3.05, 3.63) is 42.1 Å². The number of alkyl carbamates (subject to hydrolysis) is 1. The first-order valence-electron chi connectivity index (χ1n) is 14.3. The van der Waals surface area contributed by atoms with Gasteiger partial charge in [0, 0.05) is 30.1 Å². The van der Waals surface area contributed by atoms with E-state index in [0.717, 1.165) is 43.4 Å². The molecular formula is C30H39FN4O4. The van der Waals surface area contributed by atoms with Crippen molar-refractivity contribution in [1.82, 2.24) is 20.2 Å². The lowest BCUT2D eigenvalue weighted by Gasteiger charge is -2.61. The lowest BCUT2D eigenvalue weighted by molar-refractivity contribution is -0.145. The number of aliphatic hydroxyl groups is 1. The lowest BCUT2D eigenvalue weighted by Crippen LogP contribution is -2.62. The van der Waals surface area contributed by atoms with Crippen LogP contribution in [0.2, 0.25) is 0 Å². The maximum atomic E-state index is 15.0. The van der Waals surface area contributed by atoms with Gasteiger partial charge in [0.15, 0.2) is 0 Å². The molecule has 2 aromatic rings. The number of hydrogen-bond acceptors (Lipinski definition) is 5. The Labute approximate surface area is 228 Å². The van der Waals surface area contributed by atoms with Crippen molar-refractivity contribution in [2.24, 2.45) is 23.2 Å². The fraction of sp³-hybridized carbons (Fsp3) is 0.633. The van der Waals surface area contributed by atoms with Crippen LogP contribution in [0.1, 0.15) is 77.3 Å². The number of aromatic nitrogens is 2. The number of halogens is 1. The normalized spacial score (nSPS) is 30.9. The second kappa shape index (κ2) is 9.61. The maximum Gasteiger partial charge on any atom is 0.407 e. The minimum Gasteiger partial charge on any atom is -0.444 e. The summed E-state index contributed by atoms with van der Waals surface area (Å²) in [5, 5.41) is 17.7. The molecule has 9 heteroatoms. The Morgan fingerprint density at radius 3 is 2.69 bits per heavy atom. The quantitative estimate of drug-likeness (QED) is 0.479. The van der Waals surface area contributed by atoms with Crippen molar-refractivity contribution in [2.45, 2.75) is 89.5 Å². The van der Waals surface area contributed by atoms with Crippen LogP contribution >= 0.6 is 0 Å². The number of benzene rings is 1. The number of fused-ring (bicyclic) bond motifs is 3. The first kappa shape index (κ1) is 26.3. The van der Waals surface area contributed by atoms with Crippen LogP contribution in [0.5, 0.6) is 0 Å². The van der Waals surface area contributed by atoms with Crippen molar-refractivity contribution >= 4 is 12.0 Å². The summed E-state index contributed by atoms with van der Waals surface area (Å²) in [7, 11) is 0. The van der Waals surface area contributed by atoms with Crippen LogP contribution < -0.4 is 10.6 Å². The van der Waals surface area contributed by atoms with E-state index in [4.69, 9.17) is 4.74 Å². The number of nitrogens with one attached hydrogen (secondary N) is 2. The zero-order valence-corrected chi connectivity index (χ0v) is 23.0. The third kappa shape index (κ3) is 4.83. The highest BCUT2D eigenvalue weighted by molar-refractivity contribution is 5.77. The first-order chi connectivity index (χ1) is 18.5.